The van der Waals surface area contributed by atoms with Crippen molar-refractivity contribution in [3.05, 3.63) is 6.42 Å². The van der Waals surface area contributed by atoms with Crippen molar-refractivity contribution in [2.45, 2.75) is 12.8 Å². The summed E-state index contributed by atoms with van der Waals surface area (Å²) in [6.45, 7) is 0. The molecule has 0 unspecified atom stereocenters. The van der Waals surface area contributed by atoms with Gasteiger partial charge in [-0.3, -0.25) is 9.59 Å². The third kappa shape index (κ3) is 5.08. The van der Waals surface area contributed by atoms with Gasteiger partial charge in [-0.1, -0.05) is 0 Å². The number of esters is 1. The molecule has 0 bridgehead atoms. The highest BCUT2D eigenvalue weighted by Gasteiger charge is 2.02. The number of hydrogen-bond donors (Lipinski definition) is 1. The van der Waals surface area contributed by atoms with Crippen molar-refractivity contribution < 1.29 is 19.4 Å². The predicted octanol–water partition coefficient (Wildman–Crippen LogP) is 0.228. The third-order valence-electron chi connectivity index (χ3n) is 0.895. The molecule has 0 saturated heterocycles. The summed E-state index contributed by atoms with van der Waals surface area (Å²) in [5, 5.41) is 8.09. The Morgan fingerprint density at radius 3 is 2.60 bits per heavy atom. The quantitative estimate of drug-likeness (QED) is 0.575. The Hall–Kier alpha value is -1.06. The van der Waals surface area contributed by atoms with E-state index in [1.54, 1.807) is 0 Å². The van der Waals surface area contributed by atoms with Crippen LogP contribution in [-0.4, -0.2) is 24.2 Å². The van der Waals surface area contributed by atoms with Gasteiger partial charge >= 0.3 is 11.9 Å². The number of hydrogen-bond acceptors (Lipinski definition) is 3. The molecule has 0 aliphatic heterocycles. The lowest BCUT2D eigenvalue weighted by atomic mass is 10.2. The van der Waals surface area contributed by atoms with E-state index in [0.717, 1.165) is 6.42 Å². The first kappa shape index (κ1) is 8.94. The fraction of sp³-hybridized carbons (Fsp3) is 0.500. The van der Waals surface area contributed by atoms with Gasteiger partial charge in [-0.25, -0.2) is 0 Å². The summed E-state index contributed by atoms with van der Waals surface area (Å²) < 4.78 is 4.28. The molecule has 0 amide bonds. The van der Waals surface area contributed by atoms with E-state index < -0.39 is 11.9 Å². The summed E-state index contributed by atoms with van der Waals surface area (Å²) >= 11 is 0. The van der Waals surface area contributed by atoms with Crippen LogP contribution in [0.15, 0.2) is 0 Å². The molecule has 57 valence electrons. The Morgan fingerprint density at radius 2 is 2.20 bits per heavy atom. The van der Waals surface area contributed by atoms with Crippen molar-refractivity contribution in [1.82, 2.24) is 0 Å². The van der Waals surface area contributed by atoms with Gasteiger partial charge in [0.15, 0.2) is 0 Å². The number of methoxy groups -OCH3 is 1. The van der Waals surface area contributed by atoms with Crippen LogP contribution >= 0.6 is 0 Å². The molecule has 1 N–H and O–H groups in total. The van der Waals surface area contributed by atoms with Crippen LogP contribution in [0.2, 0.25) is 0 Å². The number of carboxylic acids is 1. The molecular formula is C6H9O4. The maximum absolute atomic E-state index is 10.4. The number of rotatable bonds is 4. The summed E-state index contributed by atoms with van der Waals surface area (Å²) in [5.41, 5.74) is 0. The first-order valence-corrected chi connectivity index (χ1v) is 2.79. The van der Waals surface area contributed by atoms with E-state index in [9.17, 15) is 9.59 Å². The molecule has 0 fully saturated rings. The molecule has 0 aliphatic rings. The van der Waals surface area contributed by atoms with Gasteiger partial charge in [-0.15, -0.1) is 0 Å². The minimum atomic E-state index is -1.01. The Balaban J connectivity index is 3.20. The normalized spacial score (nSPS) is 8.90. The maximum Gasteiger partial charge on any atom is 0.307 e. The van der Waals surface area contributed by atoms with Gasteiger partial charge in [0.05, 0.1) is 13.5 Å². The van der Waals surface area contributed by atoms with Gasteiger partial charge < -0.3 is 9.84 Å². The van der Waals surface area contributed by atoms with Crippen molar-refractivity contribution in [3.63, 3.8) is 0 Å². The Labute approximate surface area is 58.8 Å². The summed E-state index contributed by atoms with van der Waals surface area (Å²) in [6.07, 6.45) is 1.38. The lowest BCUT2D eigenvalue weighted by Gasteiger charge is -1.94. The van der Waals surface area contributed by atoms with Gasteiger partial charge in [-0.05, 0) is 6.42 Å². The molecule has 0 heterocycles. The minimum absolute atomic E-state index is 0.128. The van der Waals surface area contributed by atoms with Gasteiger partial charge in [-0.2, -0.15) is 0 Å². The average Bonchev–Trinajstić information content (AvgIpc) is 1.87. The van der Waals surface area contributed by atoms with Crippen LogP contribution in [0.3, 0.4) is 0 Å². The van der Waals surface area contributed by atoms with Gasteiger partial charge in [0, 0.05) is 6.42 Å². The maximum atomic E-state index is 10.4. The van der Waals surface area contributed by atoms with Crippen molar-refractivity contribution in [2.75, 3.05) is 7.11 Å². The average molecular weight is 145 g/mol. The van der Waals surface area contributed by atoms with E-state index in [1.165, 1.54) is 7.11 Å². The standard InChI is InChI=1S/C6H9O4/c1-10-6(9)4-2-3-5(7)8/h3H,2,4H2,1H3,(H,7,8). The topological polar surface area (TPSA) is 63.6 Å². The molecule has 0 aromatic carbocycles. The number of carboxylic acid groups (broad SMARTS) is 1. The van der Waals surface area contributed by atoms with Crippen molar-refractivity contribution in [2.24, 2.45) is 0 Å². The third-order valence-corrected chi connectivity index (χ3v) is 0.895. The summed E-state index contributed by atoms with van der Waals surface area (Å²) in [5.74, 6) is -1.40. The van der Waals surface area contributed by atoms with E-state index >= 15 is 0 Å². The van der Waals surface area contributed by atoms with Crippen molar-refractivity contribution in [3.8, 4) is 0 Å². The lowest BCUT2D eigenvalue weighted by Crippen LogP contribution is -2.02. The fourth-order valence-corrected chi connectivity index (χ4v) is 0.416. The molecule has 0 atom stereocenters. The van der Waals surface area contributed by atoms with Crippen LogP contribution < -0.4 is 0 Å². The van der Waals surface area contributed by atoms with Crippen LogP contribution in [0.25, 0.3) is 0 Å². The first-order valence-electron chi connectivity index (χ1n) is 2.79. The number of carbonyl (C=O) groups is 2. The molecular weight excluding hydrogens is 136 g/mol. The minimum Gasteiger partial charge on any atom is -0.481 e. The van der Waals surface area contributed by atoms with Crippen molar-refractivity contribution in [1.29, 1.82) is 0 Å². The number of carbonyl (C=O) groups excluding carboxylic acids is 1. The van der Waals surface area contributed by atoms with Crippen molar-refractivity contribution >= 4 is 11.9 Å². The van der Waals surface area contributed by atoms with E-state index in [-0.39, 0.29) is 12.8 Å². The molecule has 4 heteroatoms. The zero-order valence-electron chi connectivity index (χ0n) is 5.66. The number of aliphatic carboxylic acids is 1. The smallest absolute Gasteiger partial charge is 0.307 e. The van der Waals surface area contributed by atoms with E-state index in [0.29, 0.717) is 0 Å². The van der Waals surface area contributed by atoms with E-state index in [1.807, 2.05) is 0 Å². The SMILES string of the molecule is COC(=O)CC[CH]C(=O)O. The molecule has 10 heavy (non-hydrogen) atoms. The van der Waals surface area contributed by atoms with Gasteiger partial charge in [0.1, 0.15) is 0 Å². The molecule has 0 aromatic rings. The monoisotopic (exact) mass is 145 g/mol. The Bertz CT molecular complexity index is 130. The second kappa shape index (κ2) is 4.78. The van der Waals surface area contributed by atoms with E-state index in [4.69, 9.17) is 5.11 Å². The van der Waals surface area contributed by atoms with Crippen LogP contribution in [0.1, 0.15) is 12.8 Å². The van der Waals surface area contributed by atoms with Crippen LogP contribution in [0.4, 0.5) is 0 Å². The lowest BCUT2D eigenvalue weighted by molar-refractivity contribution is -0.140. The zero-order valence-corrected chi connectivity index (χ0v) is 5.66. The highest BCUT2D eigenvalue weighted by atomic mass is 16.5. The zero-order chi connectivity index (χ0) is 7.98. The van der Waals surface area contributed by atoms with Gasteiger partial charge in [0.2, 0.25) is 0 Å². The predicted molar refractivity (Wildman–Crippen MR) is 33.2 cm³/mol. The fourth-order valence-electron chi connectivity index (χ4n) is 0.416. The molecule has 4 nitrogen and oxygen atoms in total. The Kier molecular flexibility index (Phi) is 4.28. The highest BCUT2D eigenvalue weighted by Crippen LogP contribution is 1.94. The molecule has 0 spiro atoms. The number of ether oxygens (including phenoxy) is 1. The first-order chi connectivity index (χ1) is 4.66. The molecule has 0 aliphatic carbocycles. The molecule has 1 radical (unpaired) electrons. The van der Waals surface area contributed by atoms with Gasteiger partial charge in [0.25, 0.3) is 0 Å². The second-order valence-corrected chi connectivity index (χ2v) is 1.66. The van der Waals surface area contributed by atoms with E-state index in [2.05, 4.69) is 4.74 Å². The molecule has 0 aromatic heterocycles. The second-order valence-electron chi connectivity index (χ2n) is 1.66. The summed E-state index contributed by atoms with van der Waals surface area (Å²) in [7, 11) is 1.27. The van der Waals surface area contributed by atoms with Crippen LogP contribution in [0, 0.1) is 6.42 Å². The molecule has 0 rings (SSSR count). The summed E-state index contributed by atoms with van der Waals surface area (Å²) in [6, 6.07) is 0. The Morgan fingerprint density at radius 1 is 1.60 bits per heavy atom. The highest BCUT2D eigenvalue weighted by molar-refractivity contribution is 5.78. The van der Waals surface area contributed by atoms with Crippen LogP contribution in [0.5, 0.6) is 0 Å². The largest absolute Gasteiger partial charge is 0.481 e. The van der Waals surface area contributed by atoms with Crippen LogP contribution in [-0.2, 0) is 14.3 Å². The summed E-state index contributed by atoms with van der Waals surface area (Å²) in [4.78, 5) is 20.2. The molecule has 0 saturated carbocycles.